The van der Waals surface area contributed by atoms with E-state index >= 15 is 0 Å². The average molecular weight is 302 g/mol. The van der Waals surface area contributed by atoms with Gasteiger partial charge in [-0.3, -0.25) is 4.79 Å². The van der Waals surface area contributed by atoms with Crippen LogP contribution in [0.3, 0.4) is 0 Å². The molecule has 1 amide bonds. The summed E-state index contributed by atoms with van der Waals surface area (Å²) in [4.78, 5) is 12.6. The van der Waals surface area contributed by atoms with Gasteiger partial charge in [-0.15, -0.1) is 11.3 Å². The Morgan fingerprint density at radius 2 is 1.95 bits per heavy atom. The fraction of sp³-hybridized carbons (Fsp3) is 0.0667. The van der Waals surface area contributed by atoms with Crippen LogP contribution in [-0.4, -0.2) is 11.0 Å². The van der Waals surface area contributed by atoms with E-state index in [-0.39, 0.29) is 17.1 Å². The van der Waals surface area contributed by atoms with Crippen LogP contribution < -0.4 is 5.32 Å². The lowest BCUT2D eigenvalue weighted by Crippen LogP contribution is -2.13. The minimum Gasteiger partial charge on any atom is -0.511 e. The van der Waals surface area contributed by atoms with Crippen molar-refractivity contribution in [3.63, 3.8) is 0 Å². The number of rotatable bonds is 3. The Balaban J connectivity index is 2.18. The number of aliphatic hydroxyl groups excluding tert-OH is 1. The molecule has 2 aromatic rings. The van der Waals surface area contributed by atoms with Crippen LogP contribution in [0.15, 0.2) is 47.7 Å². The Morgan fingerprint density at radius 1 is 1.29 bits per heavy atom. The number of allylic oxidation sites excluding steroid dienone is 1. The molecule has 0 bridgehead atoms. The zero-order valence-electron chi connectivity index (χ0n) is 11.1. The molecule has 0 radical (unpaired) electrons. The normalized spacial score (nSPS) is 11.5. The molecular weight excluding hydrogens is 291 g/mol. The van der Waals surface area contributed by atoms with E-state index in [0.29, 0.717) is 5.00 Å². The first-order valence-electron chi connectivity index (χ1n) is 5.98. The standard InChI is InChI=1S/C15H11FN2O2S/c1-9(19)12(8-17)15(20)18-14-7-6-13(21-14)10-2-4-11(16)5-3-10/h2-7,19H,1H3,(H,18,20). The van der Waals surface area contributed by atoms with Gasteiger partial charge in [-0.2, -0.15) is 5.26 Å². The molecule has 0 atom stereocenters. The van der Waals surface area contributed by atoms with Crippen LogP contribution in [0.2, 0.25) is 0 Å². The summed E-state index contributed by atoms with van der Waals surface area (Å²) in [5.41, 5.74) is 0.503. The van der Waals surface area contributed by atoms with Crippen LogP contribution in [0, 0.1) is 17.1 Å². The highest BCUT2D eigenvalue weighted by Crippen LogP contribution is 2.31. The molecular formula is C15H11FN2O2S. The smallest absolute Gasteiger partial charge is 0.270 e. The summed E-state index contributed by atoms with van der Waals surface area (Å²) < 4.78 is 12.9. The molecule has 1 aromatic heterocycles. The molecule has 0 unspecified atom stereocenters. The number of amides is 1. The molecule has 1 aromatic carbocycles. The van der Waals surface area contributed by atoms with E-state index in [9.17, 15) is 14.3 Å². The van der Waals surface area contributed by atoms with Crippen molar-refractivity contribution < 1.29 is 14.3 Å². The third kappa shape index (κ3) is 3.46. The number of hydrogen-bond acceptors (Lipinski definition) is 4. The van der Waals surface area contributed by atoms with Gasteiger partial charge >= 0.3 is 0 Å². The highest BCUT2D eigenvalue weighted by molar-refractivity contribution is 7.19. The molecule has 0 fully saturated rings. The molecule has 2 rings (SSSR count). The molecule has 0 aliphatic rings. The van der Waals surface area contributed by atoms with E-state index in [1.807, 2.05) is 0 Å². The molecule has 0 aliphatic carbocycles. The summed E-state index contributed by atoms with van der Waals surface area (Å²) in [5, 5.41) is 21.1. The Kier molecular flexibility index (Phi) is 4.36. The van der Waals surface area contributed by atoms with Gasteiger partial charge in [0.15, 0.2) is 5.57 Å². The minimum absolute atomic E-state index is 0.314. The van der Waals surface area contributed by atoms with Gasteiger partial charge in [-0.1, -0.05) is 12.1 Å². The second-order valence-corrected chi connectivity index (χ2v) is 5.28. The van der Waals surface area contributed by atoms with Crippen molar-refractivity contribution in [2.45, 2.75) is 6.92 Å². The van der Waals surface area contributed by atoms with Gasteiger partial charge in [0, 0.05) is 4.88 Å². The number of benzene rings is 1. The number of anilines is 1. The summed E-state index contributed by atoms with van der Waals surface area (Å²) in [6, 6.07) is 11.1. The predicted octanol–water partition coefficient (Wildman–Crippen LogP) is 3.85. The monoisotopic (exact) mass is 302 g/mol. The Morgan fingerprint density at radius 3 is 2.52 bits per heavy atom. The van der Waals surface area contributed by atoms with Gasteiger partial charge < -0.3 is 10.4 Å². The molecule has 0 aliphatic heterocycles. The SMILES string of the molecule is CC(O)=C(C#N)C(=O)Nc1ccc(-c2ccc(F)cc2)s1. The highest BCUT2D eigenvalue weighted by atomic mass is 32.1. The summed E-state index contributed by atoms with van der Waals surface area (Å²) in [6.45, 7) is 1.27. The maximum Gasteiger partial charge on any atom is 0.270 e. The molecule has 106 valence electrons. The van der Waals surface area contributed by atoms with E-state index in [1.165, 1.54) is 30.4 Å². The molecule has 1 heterocycles. The molecule has 2 N–H and O–H groups in total. The van der Waals surface area contributed by atoms with Crippen molar-refractivity contribution >= 4 is 22.2 Å². The van der Waals surface area contributed by atoms with Gasteiger partial charge in [-0.25, -0.2) is 4.39 Å². The van der Waals surface area contributed by atoms with Gasteiger partial charge in [0.25, 0.3) is 5.91 Å². The second kappa shape index (κ2) is 6.20. The van der Waals surface area contributed by atoms with Crippen LogP contribution in [0.25, 0.3) is 10.4 Å². The molecule has 0 saturated heterocycles. The summed E-state index contributed by atoms with van der Waals surface area (Å²) in [6.07, 6.45) is 0. The minimum atomic E-state index is -0.662. The van der Waals surface area contributed by atoms with E-state index in [0.717, 1.165) is 10.4 Å². The number of halogens is 1. The summed E-state index contributed by atoms with van der Waals surface area (Å²) in [5.74, 6) is -1.30. The lowest BCUT2D eigenvalue weighted by atomic mass is 10.2. The lowest BCUT2D eigenvalue weighted by molar-refractivity contribution is -0.112. The fourth-order valence-electron chi connectivity index (χ4n) is 1.64. The maximum atomic E-state index is 12.9. The van der Waals surface area contributed by atoms with Crippen LogP contribution >= 0.6 is 11.3 Å². The average Bonchev–Trinajstić information content (AvgIpc) is 2.88. The summed E-state index contributed by atoms with van der Waals surface area (Å²) in [7, 11) is 0. The van der Waals surface area contributed by atoms with Crippen molar-refractivity contribution in [2.75, 3.05) is 5.32 Å². The quantitative estimate of drug-likeness (QED) is 0.514. The van der Waals surface area contributed by atoms with Gasteiger partial charge in [0.1, 0.15) is 17.6 Å². The fourth-order valence-corrected chi connectivity index (χ4v) is 2.55. The van der Waals surface area contributed by atoms with Crippen LogP contribution in [-0.2, 0) is 4.79 Å². The van der Waals surface area contributed by atoms with Crippen LogP contribution in [0.4, 0.5) is 9.39 Å². The van der Waals surface area contributed by atoms with Crippen molar-refractivity contribution in [1.29, 1.82) is 5.26 Å². The largest absolute Gasteiger partial charge is 0.511 e. The third-order valence-corrected chi connectivity index (χ3v) is 3.72. The van der Waals surface area contributed by atoms with E-state index in [1.54, 1.807) is 30.3 Å². The zero-order chi connectivity index (χ0) is 15.4. The molecule has 6 heteroatoms. The summed E-state index contributed by atoms with van der Waals surface area (Å²) >= 11 is 1.29. The zero-order valence-corrected chi connectivity index (χ0v) is 11.9. The van der Waals surface area contributed by atoms with Crippen molar-refractivity contribution in [2.24, 2.45) is 0 Å². The first-order chi connectivity index (χ1) is 10.0. The Hall–Kier alpha value is -2.65. The third-order valence-electron chi connectivity index (χ3n) is 2.67. The molecule has 0 saturated carbocycles. The number of thiophene rings is 1. The Bertz CT molecular complexity index is 738. The van der Waals surface area contributed by atoms with Crippen LogP contribution in [0.5, 0.6) is 0 Å². The van der Waals surface area contributed by atoms with Crippen molar-refractivity contribution in [3.05, 3.63) is 53.5 Å². The highest BCUT2D eigenvalue weighted by Gasteiger charge is 2.14. The number of nitriles is 1. The maximum absolute atomic E-state index is 12.9. The van der Waals surface area contributed by atoms with Gasteiger partial charge in [0.2, 0.25) is 0 Å². The molecule has 4 nitrogen and oxygen atoms in total. The first-order valence-corrected chi connectivity index (χ1v) is 6.80. The van der Waals surface area contributed by atoms with Gasteiger partial charge in [0.05, 0.1) is 5.00 Å². The van der Waals surface area contributed by atoms with Crippen LogP contribution in [0.1, 0.15) is 6.92 Å². The second-order valence-electron chi connectivity index (χ2n) is 4.20. The predicted molar refractivity (Wildman–Crippen MR) is 79.3 cm³/mol. The number of carbonyl (C=O) groups is 1. The molecule has 0 spiro atoms. The van der Waals surface area contributed by atoms with Gasteiger partial charge in [-0.05, 0) is 36.8 Å². The number of carbonyl (C=O) groups excluding carboxylic acids is 1. The van der Waals surface area contributed by atoms with Crippen molar-refractivity contribution in [1.82, 2.24) is 0 Å². The first kappa shape index (κ1) is 14.8. The van der Waals surface area contributed by atoms with E-state index < -0.39 is 5.91 Å². The topological polar surface area (TPSA) is 73.1 Å². The number of hydrogen-bond donors (Lipinski definition) is 2. The lowest BCUT2D eigenvalue weighted by Gasteiger charge is -2.01. The molecule has 21 heavy (non-hydrogen) atoms. The number of nitrogens with one attached hydrogen (secondary N) is 1. The number of aliphatic hydroxyl groups is 1. The van der Waals surface area contributed by atoms with Crippen molar-refractivity contribution in [3.8, 4) is 16.5 Å². The Labute approximate surface area is 124 Å². The van der Waals surface area contributed by atoms with E-state index in [4.69, 9.17) is 5.26 Å². The number of nitrogens with zero attached hydrogens (tertiary/aromatic N) is 1. The van der Waals surface area contributed by atoms with E-state index in [2.05, 4.69) is 5.32 Å².